The van der Waals surface area contributed by atoms with E-state index in [9.17, 15) is 4.79 Å². The highest BCUT2D eigenvalue weighted by Crippen LogP contribution is 2.31. The van der Waals surface area contributed by atoms with Crippen LogP contribution in [0.25, 0.3) is 0 Å². The Hall–Kier alpha value is -3.32. The Morgan fingerprint density at radius 1 is 1.09 bits per heavy atom. The smallest absolute Gasteiger partial charge is 0.237 e. The van der Waals surface area contributed by atoms with E-state index in [1.54, 1.807) is 24.7 Å². The molecule has 0 aliphatic carbocycles. The van der Waals surface area contributed by atoms with Gasteiger partial charge in [0.05, 0.1) is 30.2 Å². The van der Waals surface area contributed by atoms with E-state index in [2.05, 4.69) is 51.1 Å². The van der Waals surface area contributed by atoms with Crippen LogP contribution >= 0.6 is 0 Å². The molecule has 0 unspecified atom stereocenters. The van der Waals surface area contributed by atoms with Gasteiger partial charge in [-0.25, -0.2) is 9.97 Å². The number of anilines is 2. The van der Waals surface area contributed by atoms with Crippen molar-refractivity contribution < 1.29 is 4.79 Å². The zero-order valence-electron chi connectivity index (χ0n) is 18.7. The first-order valence-corrected chi connectivity index (χ1v) is 11.2. The summed E-state index contributed by atoms with van der Waals surface area (Å²) < 4.78 is 0. The summed E-state index contributed by atoms with van der Waals surface area (Å²) in [5.74, 6) is 0.706. The molecule has 1 aromatic carbocycles. The molecule has 166 valence electrons. The summed E-state index contributed by atoms with van der Waals surface area (Å²) in [6.45, 7) is 6.11. The van der Waals surface area contributed by atoms with Gasteiger partial charge in [-0.15, -0.1) is 0 Å². The summed E-state index contributed by atoms with van der Waals surface area (Å²) in [5.41, 5.74) is 2.99. The highest BCUT2D eigenvalue weighted by atomic mass is 16.2. The maximum Gasteiger partial charge on any atom is 0.237 e. The van der Waals surface area contributed by atoms with E-state index >= 15 is 0 Å². The molecular weight excluding hydrogens is 400 g/mol. The van der Waals surface area contributed by atoms with Gasteiger partial charge in [0.2, 0.25) is 11.9 Å². The molecule has 3 aromatic rings. The molecule has 0 bridgehead atoms. The predicted molar refractivity (Wildman–Crippen MR) is 125 cm³/mol. The summed E-state index contributed by atoms with van der Waals surface area (Å²) in [6, 6.07) is 16.3. The van der Waals surface area contributed by atoms with Crippen LogP contribution in [0.5, 0.6) is 0 Å². The van der Waals surface area contributed by atoms with Crippen molar-refractivity contribution >= 4 is 17.5 Å². The number of hydrogen-bond donors (Lipinski definition) is 1. The molecule has 4 rings (SSSR count). The lowest BCUT2D eigenvalue weighted by Gasteiger charge is -2.31. The molecule has 1 aliphatic rings. The molecule has 1 atom stereocenters. The zero-order chi connectivity index (χ0) is 22.3. The van der Waals surface area contributed by atoms with Crippen LogP contribution in [0.2, 0.25) is 0 Å². The molecule has 1 fully saturated rings. The van der Waals surface area contributed by atoms with Gasteiger partial charge in [-0.1, -0.05) is 30.3 Å². The van der Waals surface area contributed by atoms with Crippen molar-refractivity contribution in [3.63, 3.8) is 0 Å². The summed E-state index contributed by atoms with van der Waals surface area (Å²) >= 11 is 0. The number of carbonyl (C=O) groups excluding carboxylic acids is 1. The highest BCUT2D eigenvalue weighted by molar-refractivity contribution is 5.78. The highest BCUT2D eigenvalue weighted by Gasteiger charge is 2.30. The maximum absolute atomic E-state index is 13.2. The number of pyridine rings is 1. The second-order valence-electron chi connectivity index (χ2n) is 8.40. The van der Waals surface area contributed by atoms with Crippen LogP contribution in [0.4, 0.5) is 11.6 Å². The normalized spacial score (nSPS) is 16.3. The maximum atomic E-state index is 13.2. The van der Waals surface area contributed by atoms with Gasteiger partial charge in [0.25, 0.3) is 0 Å². The van der Waals surface area contributed by atoms with Gasteiger partial charge in [-0.2, -0.15) is 0 Å². The third-order valence-electron chi connectivity index (χ3n) is 5.79. The molecular formula is C25H30N6O. The van der Waals surface area contributed by atoms with Crippen LogP contribution in [-0.4, -0.2) is 49.8 Å². The van der Waals surface area contributed by atoms with Crippen molar-refractivity contribution in [2.45, 2.75) is 45.3 Å². The van der Waals surface area contributed by atoms with Crippen LogP contribution in [0.15, 0.2) is 67.1 Å². The molecule has 0 radical (unpaired) electrons. The van der Waals surface area contributed by atoms with Crippen LogP contribution in [0.3, 0.4) is 0 Å². The van der Waals surface area contributed by atoms with Gasteiger partial charge in [0.1, 0.15) is 0 Å². The van der Waals surface area contributed by atoms with Crippen LogP contribution in [0, 0.1) is 0 Å². The average Bonchev–Trinajstić information content (AvgIpc) is 3.27. The number of amides is 1. The first-order chi connectivity index (χ1) is 15.6. The number of nitrogens with zero attached hydrogens (tertiary/aromatic N) is 5. The van der Waals surface area contributed by atoms with E-state index in [0.29, 0.717) is 19.0 Å². The van der Waals surface area contributed by atoms with Gasteiger partial charge >= 0.3 is 0 Å². The fourth-order valence-corrected chi connectivity index (χ4v) is 4.12. The summed E-state index contributed by atoms with van der Waals surface area (Å²) in [6.07, 6.45) is 7.28. The molecule has 32 heavy (non-hydrogen) atoms. The monoisotopic (exact) mass is 430 g/mol. The third kappa shape index (κ3) is 5.48. The van der Waals surface area contributed by atoms with E-state index in [1.165, 1.54) is 0 Å². The van der Waals surface area contributed by atoms with Gasteiger partial charge < -0.3 is 10.2 Å². The van der Waals surface area contributed by atoms with Gasteiger partial charge in [-0.3, -0.25) is 14.7 Å². The second-order valence-corrected chi connectivity index (χ2v) is 8.40. The van der Waals surface area contributed by atoms with Crippen molar-refractivity contribution in [3.8, 4) is 0 Å². The van der Waals surface area contributed by atoms with Gasteiger partial charge in [0, 0.05) is 25.0 Å². The average molecular weight is 431 g/mol. The standard InChI is InChI=1S/C25H30N6O/c1-19(2)31(17-20-8-4-3-5-9-20)24(32)18-30-15-6-10-23(30)22-12-11-21(16-28-22)29-25-26-13-7-14-27-25/h3-5,7-9,11-14,16,19,23H,6,10,15,17-18H2,1-2H3,(H,26,27,29)/t23-/m1/s1. The number of benzene rings is 1. The molecule has 1 aliphatic heterocycles. The van der Waals surface area contributed by atoms with Crippen molar-refractivity contribution in [2.75, 3.05) is 18.4 Å². The Balaban J connectivity index is 1.40. The van der Waals surface area contributed by atoms with Crippen molar-refractivity contribution in [3.05, 3.63) is 78.4 Å². The van der Waals surface area contributed by atoms with Gasteiger partial charge in [0.15, 0.2) is 0 Å². The number of likely N-dealkylation sites (tertiary alicyclic amines) is 1. The van der Waals surface area contributed by atoms with E-state index in [4.69, 9.17) is 0 Å². The molecule has 0 saturated carbocycles. The SMILES string of the molecule is CC(C)N(Cc1ccccc1)C(=O)CN1CCC[C@@H]1c1ccc(Nc2ncccn2)cn1. The summed E-state index contributed by atoms with van der Waals surface area (Å²) in [5, 5.41) is 3.16. The summed E-state index contributed by atoms with van der Waals surface area (Å²) in [4.78, 5) is 30.5. The topological polar surface area (TPSA) is 74.2 Å². The van der Waals surface area contributed by atoms with Crippen LogP contribution in [0.1, 0.15) is 44.0 Å². The minimum atomic E-state index is 0.146. The van der Waals surface area contributed by atoms with Crippen molar-refractivity contribution in [1.29, 1.82) is 0 Å². The number of rotatable bonds is 8. The van der Waals surface area contributed by atoms with Crippen LogP contribution < -0.4 is 5.32 Å². The van der Waals surface area contributed by atoms with E-state index < -0.39 is 0 Å². The predicted octanol–water partition coefficient (Wildman–Crippen LogP) is 4.19. The number of aromatic nitrogens is 3. The summed E-state index contributed by atoms with van der Waals surface area (Å²) in [7, 11) is 0. The van der Waals surface area contributed by atoms with Crippen molar-refractivity contribution in [1.82, 2.24) is 24.8 Å². The molecule has 0 spiro atoms. The first kappa shape index (κ1) is 21.9. The van der Waals surface area contributed by atoms with E-state index in [0.717, 1.165) is 36.3 Å². The fourth-order valence-electron chi connectivity index (χ4n) is 4.12. The van der Waals surface area contributed by atoms with Crippen LogP contribution in [-0.2, 0) is 11.3 Å². The lowest BCUT2D eigenvalue weighted by atomic mass is 10.1. The Bertz CT molecular complexity index is 994. The Labute approximate surface area is 189 Å². The quantitative estimate of drug-likeness (QED) is 0.578. The minimum absolute atomic E-state index is 0.146. The number of hydrogen-bond acceptors (Lipinski definition) is 6. The second kappa shape index (κ2) is 10.3. The number of nitrogens with one attached hydrogen (secondary N) is 1. The molecule has 7 heteroatoms. The molecule has 3 heterocycles. The lowest BCUT2D eigenvalue weighted by molar-refractivity contribution is -0.135. The molecule has 1 saturated heterocycles. The molecule has 1 N–H and O–H groups in total. The molecule has 2 aromatic heterocycles. The molecule has 1 amide bonds. The largest absolute Gasteiger partial charge is 0.335 e. The van der Waals surface area contributed by atoms with Gasteiger partial charge in [-0.05, 0) is 57.0 Å². The Kier molecular flexibility index (Phi) is 7.07. The fraction of sp³-hybridized carbons (Fsp3) is 0.360. The molecule has 7 nitrogen and oxygen atoms in total. The van der Waals surface area contributed by atoms with E-state index in [-0.39, 0.29) is 18.0 Å². The first-order valence-electron chi connectivity index (χ1n) is 11.2. The Morgan fingerprint density at radius 3 is 2.56 bits per heavy atom. The van der Waals surface area contributed by atoms with Crippen molar-refractivity contribution in [2.24, 2.45) is 0 Å². The third-order valence-corrected chi connectivity index (χ3v) is 5.79. The zero-order valence-corrected chi connectivity index (χ0v) is 18.7. The number of carbonyl (C=O) groups is 1. The Morgan fingerprint density at radius 2 is 1.88 bits per heavy atom. The lowest BCUT2D eigenvalue weighted by Crippen LogP contribution is -2.43. The van der Waals surface area contributed by atoms with E-state index in [1.807, 2.05) is 35.2 Å². The minimum Gasteiger partial charge on any atom is -0.335 e.